The minimum absolute atomic E-state index is 0.197. The van der Waals surface area contributed by atoms with E-state index in [-0.39, 0.29) is 6.67 Å². The van der Waals surface area contributed by atoms with Crippen LogP contribution < -0.4 is 0 Å². The molecule has 1 aromatic carbocycles. The summed E-state index contributed by atoms with van der Waals surface area (Å²) in [7, 11) is 0. The zero-order chi connectivity index (χ0) is 14.8. The number of hydrogen-bond donors (Lipinski definition) is 0. The van der Waals surface area contributed by atoms with Crippen LogP contribution in [-0.4, -0.2) is 24.0 Å². The molecule has 20 heavy (non-hydrogen) atoms. The van der Waals surface area contributed by atoms with Crippen molar-refractivity contribution in [3.8, 4) is 0 Å². The van der Waals surface area contributed by atoms with Gasteiger partial charge in [0.2, 0.25) is 0 Å². The van der Waals surface area contributed by atoms with Gasteiger partial charge in [0.05, 0.1) is 0 Å². The van der Waals surface area contributed by atoms with E-state index in [1.54, 1.807) is 12.4 Å². The lowest BCUT2D eigenvalue weighted by Crippen LogP contribution is -2.19. The van der Waals surface area contributed by atoms with Gasteiger partial charge in [-0.1, -0.05) is 24.3 Å². The molecule has 0 aromatic heterocycles. The number of allylic oxidation sites excluding steroid dienone is 2. The third kappa shape index (κ3) is 3.29. The molecule has 0 N–H and O–H groups in total. The highest BCUT2D eigenvalue weighted by molar-refractivity contribution is 6.10. The molecule has 0 aliphatic carbocycles. The number of aryl methyl sites for hydroxylation is 1. The summed E-state index contributed by atoms with van der Waals surface area (Å²) in [4.78, 5) is 5.56. The summed E-state index contributed by atoms with van der Waals surface area (Å²) in [6.07, 6.45) is 0.146. The Hall–Kier alpha value is -2.04. The normalized spacial score (nSPS) is 16.4. The average Bonchev–Trinajstić information content (AvgIpc) is 2.38. The lowest BCUT2D eigenvalue weighted by Gasteiger charge is -2.21. The van der Waals surface area contributed by atoms with E-state index in [0.29, 0.717) is 0 Å². The molecule has 0 radical (unpaired) electrons. The molecule has 106 valence electrons. The molecular weight excluding hydrogens is 265 g/mol. The van der Waals surface area contributed by atoms with Crippen molar-refractivity contribution in [2.45, 2.75) is 20.0 Å². The molecule has 0 spiro atoms. The summed E-state index contributed by atoms with van der Waals surface area (Å²) in [6, 6.07) is 7.70. The van der Waals surface area contributed by atoms with Crippen molar-refractivity contribution in [3.05, 3.63) is 53.4 Å². The summed E-state index contributed by atoms with van der Waals surface area (Å²) in [5.41, 5.74) is 2.19. The van der Waals surface area contributed by atoms with Gasteiger partial charge in [0.25, 0.3) is 0 Å². The fraction of sp³-hybridized carbons (Fsp3) is 0.267. The lowest BCUT2D eigenvalue weighted by atomic mass is 10.0. The number of benzene rings is 1. The first-order chi connectivity index (χ1) is 9.38. The zero-order valence-electron chi connectivity index (χ0n) is 11.3. The van der Waals surface area contributed by atoms with Crippen molar-refractivity contribution in [1.82, 2.24) is 4.90 Å². The van der Waals surface area contributed by atoms with Crippen molar-refractivity contribution in [2.75, 3.05) is 6.67 Å². The number of alkyl halides is 3. The molecule has 1 aliphatic rings. The highest BCUT2D eigenvalue weighted by Gasteiger charge is 2.30. The average molecular weight is 280 g/mol. The van der Waals surface area contributed by atoms with E-state index < -0.39 is 11.7 Å². The number of halogens is 3. The number of rotatable bonds is 2. The third-order valence-corrected chi connectivity index (χ3v) is 3.04. The fourth-order valence-corrected chi connectivity index (χ4v) is 1.92. The summed E-state index contributed by atoms with van der Waals surface area (Å²) < 4.78 is 37.6. The van der Waals surface area contributed by atoms with Crippen LogP contribution in [0.25, 0.3) is 5.57 Å². The van der Waals surface area contributed by atoms with Crippen molar-refractivity contribution in [2.24, 2.45) is 4.99 Å². The van der Waals surface area contributed by atoms with Crippen molar-refractivity contribution in [3.63, 3.8) is 0 Å². The smallest absolute Gasteiger partial charge is 0.334 e. The van der Waals surface area contributed by atoms with Gasteiger partial charge in [0, 0.05) is 29.8 Å². The van der Waals surface area contributed by atoms with E-state index in [9.17, 15) is 13.2 Å². The zero-order valence-corrected chi connectivity index (χ0v) is 11.3. The molecule has 1 heterocycles. The van der Waals surface area contributed by atoms with E-state index in [1.807, 2.05) is 31.2 Å². The number of aliphatic imine (C=N–C) groups is 1. The van der Waals surface area contributed by atoms with Gasteiger partial charge in [-0.3, -0.25) is 4.99 Å². The topological polar surface area (TPSA) is 15.6 Å². The maximum Gasteiger partial charge on any atom is 0.413 e. The SMILES string of the molecule is C/C(=C\N1C=C(c2ccccc2C)C=NC1)C(F)(F)F. The van der Waals surface area contributed by atoms with Crippen LogP contribution in [0.1, 0.15) is 18.1 Å². The molecule has 5 heteroatoms. The van der Waals surface area contributed by atoms with E-state index in [2.05, 4.69) is 4.99 Å². The minimum atomic E-state index is -4.31. The van der Waals surface area contributed by atoms with E-state index in [0.717, 1.165) is 29.8 Å². The van der Waals surface area contributed by atoms with Crippen molar-refractivity contribution >= 4 is 11.8 Å². The Labute approximate surface area is 115 Å². The van der Waals surface area contributed by atoms with E-state index in [4.69, 9.17) is 0 Å². The highest BCUT2D eigenvalue weighted by Crippen LogP contribution is 2.26. The Balaban J connectivity index is 2.29. The minimum Gasteiger partial charge on any atom is -0.334 e. The highest BCUT2D eigenvalue weighted by atomic mass is 19.4. The molecule has 0 saturated heterocycles. The molecular formula is C15H15F3N2. The predicted molar refractivity (Wildman–Crippen MR) is 74.2 cm³/mol. The predicted octanol–water partition coefficient (Wildman–Crippen LogP) is 4.15. The molecule has 0 saturated carbocycles. The van der Waals surface area contributed by atoms with Crippen molar-refractivity contribution < 1.29 is 13.2 Å². The molecule has 2 nitrogen and oxygen atoms in total. The van der Waals surface area contributed by atoms with Crippen LogP contribution in [0.3, 0.4) is 0 Å². The second-order valence-corrected chi connectivity index (χ2v) is 4.68. The first-order valence-corrected chi connectivity index (χ1v) is 6.17. The summed E-state index contributed by atoms with van der Waals surface area (Å²) >= 11 is 0. The van der Waals surface area contributed by atoms with Gasteiger partial charge < -0.3 is 4.90 Å². The number of nitrogens with zero attached hydrogens (tertiary/aromatic N) is 2. The molecule has 1 aliphatic heterocycles. The van der Waals surface area contributed by atoms with E-state index >= 15 is 0 Å². The third-order valence-electron chi connectivity index (χ3n) is 3.04. The Morgan fingerprint density at radius 3 is 2.65 bits per heavy atom. The summed E-state index contributed by atoms with van der Waals surface area (Å²) in [5, 5.41) is 0. The molecule has 2 rings (SSSR count). The van der Waals surface area contributed by atoms with Gasteiger partial charge in [-0.15, -0.1) is 0 Å². The molecule has 0 amide bonds. The Morgan fingerprint density at radius 2 is 2.00 bits per heavy atom. The van der Waals surface area contributed by atoms with Crippen LogP contribution in [0.5, 0.6) is 0 Å². The number of hydrogen-bond acceptors (Lipinski definition) is 2. The Morgan fingerprint density at radius 1 is 1.30 bits per heavy atom. The van der Waals surface area contributed by atoms with Crippen molar-refractivity contribution in [1.29, 1.82) is 0 Å². The van der Waals surface area contributed by atoms with Gasteiger partial charge >= 0.3 is 6.18 Å². The summed E-state index contributed by atoms with van der Waals surface area (Å²) in [5.74, 6) is 0. The molecule has 0 unspecified atom stereocenters. The standard InChI is InChI=1S/C15H15F3N2/c1-11-5-3-4-6-14(11)13-7-19-10-20(9-13)8-12(2)15(16,17)18/h3-9H,10H2,1-2H3/b12-8+. The van der Waals surface area contributed by atoms with Gasteiger partial charge in [-0.05, 0) is 25.0 Å². The maximum atomic E-state index is 12.5. The molecule has 0 bridgehead atoms. The van der Waals surface area contributed by atoms with Gasteiger partial charge in [-0.2, -0.15) is 13.2 Å². The van der Waals surface area contributed by atoms with Crippen LogP contribution in [0.4, 0.5) is 13.2 Å². The van der Waals surface area contributed by atoms with Gasteiger partial charge in [-0.25, -0.2) is 0 Å². The fourth-order valence-electron chi connectivity index (χ4n) is 1.92. The van der Waals surface area contributed by atoms with E-state index in [1.165, 1.54) is 4.90 Å². The Kier molecular flexibility index (Phi) is 3.97. The van der Waals surface area contributed by atoms with Crippen LogP contribution in [-0.2, 0) is 0 Å². The second-order valence-electron chi connectivity index (χ2n) is 4.68. The first kappa shape index (κ1) is 14.4. The summed E-state index contributed by atoms with van der Waals surface area (Å²) in [6.45, 7) is 3.21. The quantitative estimate of drug-likeness (QED) is 0.794. The second kappa shape index (κ2) is 5.53. The molecule has 0 atom stereocenters. The van der Waals surface area contributed by atoms with Crippen LogP contribution in [0, 0.1) is 6.92 Å². The van der Waals surface area contributed by atoms with Crippen LogP contribution in [0.2, 0.25) is 0 Å². The monoisotopic (exact) mass is 280 g/mol. The largest absolute Gasteiger partial charge is 0.413 e. The maximum absolute atomic E-state index is 12.5. The Bertz CT molecular complexity index is 583. The van der Waals surface area contributed by atoms with Gasteiger partial charge in [0.15, 0.2) is 0 Å². The molecule has 0 fully saturated rings. The van der Waals surface area contributed by atoms with Crippen LogP contribution >= 0.6 is 0 Å². The molecule has 1 aromatic rings. The van der Waals surface area contributed by atoms with Gasteiger partial charge in [0.1, 0.15) is 6.67 Å². The first-order valence-electron chi connectivity index (χ1n) is 6.17. The lowest BCUT2D eigenvalue weighted by molar-refractivity contribution is -0.0922. The van der Waals surface area contributed by atoms with Crippen LogP contribution in [0.15, 0.2) is 47.2 Å².